The highest BCUT2D eigenvalue weighted by atomic mass is 32.2. The third-order valence-electron chi connectivity index (χ3n) is 3.69. The Kier molecular flexibility index (Phi) is 4.28. The maximum atomic E-state index is 9.47. The molecular formula is C17H19NOS. The molecular weight excluding hydrogens is 266 g/mol. The molecule has 0 saturated carbocycles. The summed E-state index contributed by atoms with van der Waals surface area (Å²) < 4.78 is 0. The van der Waals surface area contributed by atoms with Crippen LogP contribution < -0.4 is 5.32 Å². The fourth-order valence-corrected chi connectivity index (χ4v) is 3.96. The van der Waals surface area contributed by atoms with Gasteiger partial charge in [-0.1, -0.05) is 30.3 Å². The molecule has 0 bridgehead atoms. The SMILES string of the molecule is Oc1ccc(C(Sc2ccccc2)[C@H]2CCCN2)cc1. The van der Waals surface area contributed by atoms with E-state index >= 15 is 0 Å². The molecule has 1 heterocycles. The minimum absolute atomic E-state index is 0.330. The predicted octanol–water partition coefficient (Wildman–Crippen LogP) is 3.98. The number of benzene rings is 2. The zero-order chi connectivity index (χ0) is 13.8. The molecule has 0 spiro atoms. The van der Waals surface area contributed by atoms with Gasteiger partial charge in [0.25, 0.3) is 0 Å². The topological polar surface area (TPSA) is 32.3 Å². The predicted molar refractivity (Wildman–Crippen MR) is 84.2 cm³/mol. The Bertz CT molecular complexity index is 535. The number of phenols is 1. The van der Waals surface area contributed by atoms with Crippen molar-refractivity contribution in [1.29, 1.82) is 0 Å². The minimum Gasteiger partial charge on any atom is -0.508 e. The summed E-state index contributed by atoms with van der Waals surface area (Å²) in [7, 11) is 0. The molecule has 0 amide bonds. The van der Waals surface area contributed by atoms with Crippen molar-refractivity contribution in [3.05, 3.63) is 60.2 Å². The number of aromatic hydroxyl groups is 1. The summed E-state index contributed by atoms with van der Waals surface area (Å²) >= 11 is 1.90. The van der Waals surface area contributed by atoms with Gasteiger partial charge >= 0.3 is 0 Å². The number of hydrogen-bond acceptors (Lipinski definition) is 3. The maximum Gasteiger partial charge on any atom is 0.115 e. The molecule has 1 fully saturated rings. The largest absolute Gasteiger partial charge is 0.508 e. The zero-order valence-electron chi connectivity index (χ0n) is 11.3. The third kappa shape index (κ3) is 3.17. The summed E-state index contributed by atoms with van der Waals surface area (Å²) in [6.45, 7) is 1.11. The lowest BCUT2D eigenvalue weighted by Gasteiger charge is -2.24. The van der Waals surface area contributed by atoms with Gasteiger partial charge in [-0.3, -0.25) is 0 Å². The highest BCUT2D eigenvalue weighted by Crippen LogP contribution is 2.40. The van der Waals surface area contributed by atoms with Crippen LogP contribution in [-0.2, 0) is 0 Å². The normalized spacial score (nSPS) is 19.9. The van der Waals surface area contributed by atoms with Gasteiger partial charge in [-0.25, -0.2) is 0 Å². The molecule has 0 radical (unpaired) electrons. The second-order valence-electron chi connectivity index (χ2n) is 5.15. The van der Waals surface area contributed by atoms with E-state index in [1.54, 1.807) is 12.1 Å². The molecule has 2 N–H and O–H groups in total. The first-order valence-corrected chi connectivity index (χ1v) is 7.95. The summed E-state index contributed by atoms with van der Waals surface area (Å²) in [6.07, 6.45) is 2.46. The Balaban J connectivity index is 1.85. The second-order valence-corrected chi connectivity index (χ2v) is 6.36. The highest BCUT2D eigenvalue weighted by molar-refractivity contribution is 7.99. The van der Waals surface area contributed by atoms with Crippen molar-refractivity contribution >= 4 is 11.8 Å². The first-order valence-electron chi connectivity index (χ1n) is 7.07. The zero-order valence-corrected chi connectivity index (χ0v) is 12.1. The average Bonchev–Trinajstić information content (AvgIpc) is 3.01. The summed E-state index contributed by atoms with van der Waals surface area (Å²) in [5, 5.41) is 13.5. The number of thioether (sulfide) groups is 1. The standard InChI is InChI=1S/C17H19NOS/c19-14-10-8-13(9-11-14)17(16-7-4-12-18-16)20-15-5-2-1-3-6-15/h1-3,5-6,8-11,16-19H,4,7,12H2/t16-,17?/m1/s1. The van der Waals surface area contributed by atoms with Crippen LogP contribution in [0.5, 0.6) is 5.75 Å². The Hall–Kier alpha value is -1.45. The first-order chi connectivity index (χ1) is 9.83. The van der Waals surface area contributed by atoms with E-state index in [2.05, 4.69) is 29.6 Å². The van der Waals surface area contributed by atoms with Crippen LogP contribution in [-0.4, -0.2) is 17.7 Å². The molecule has 2 atom stereocenters. The van der Waals surface area contributed by atoms with Crippen molar-refractivity contribution < 1.29 is 5.11 Å². The van der Waals surface area contributed by atoms with E-state index < -0.39 is 0 Å². The van der Waals surface area contributed by atoms with Crippen molar-refractivity contribution in [2.24, 2.45) is 0 Å². The van der Waals surface area contributed by atoms with Crippen molar-refractivity contribution in [1.82, 2.24) is 5.32 Å². The van der Waals surface area contributed by atoms with E-state index in [0.29, 0.717) is 17.0 Å². The number of rotatable bonds is 4. The summed E-state index contributed by atoms with van der Waals surface area (Å²) in [6, 6.07) is 18.7. The van der Waals surface area contributed by atoms with Gasteiger partial charge < -0.3 is 10.4 Å². The molecule has 1 unspecified atom stereocenters. The number of nitrogens with one attached hydrogen (secondary N) is 1. The van der Waals surface area contributed by atoms with Gasteiger partial charge in [0.15, 0.2) is 0 Å². The van der Waals surface area contributed by atoms with E-state index in [1.807, 2.05) is 30.0 Å². The summed E-state index contributed by atoms with van der Waals surface area (Å²) in [5.74, 6) is 0.330. The number of hydrogen-bond donors (Lipinski definition) is 2. The van der Waals surface area contributed by atoms with Crippen molar-refractivity contribution in [3.63, 3.8) is 0 Å². The molecule has 104 valence electrons. The molecule has 1 saturated heterocycles. The van der Waals surface area contributed by atoms with Gasteiger partial charge in [0.2, 0.25) is 0 Å². The van der Waals surface area contributed by atoms with E-state index in [9.17, 15) is 5.11 Å². The quantitative estimate of drug-likeness (QED) is 0.833. The molecule has 2 aromatic carbocycles. The molecule has 1 aliphatic rings. The van der Waals surface area contributed by atoms with E-state index in [-0.39, 0.29) is 0 Å². The van der Waals surface area contributed by atoms with Crippen LogP contribution in [0.1, 0.15) is 23.7 Å². The fraction of sp³-hybridized carbons (Fsp3) is 0.294. The van der Waals surface area contributed by atoms with E-state index in [4.69, 9.17) is 0 Å². The van der Waals surface area contributed by atoms with Gasteiger partial charge in [0.1, 0.15) is 5.75 Å². The molecule has 1 aliphatic heterocycles. The first kappa shape index (κ1) is 13.5. The van der Waals surface area contributed by atoms with Crippen LogP contribution in [0, 0.1) is 0 Å². The molecule has 3 heteroatoms. The van der Waals surface area contributed by atoms with E-state index in [0.717, 1.165) is 6.54 Å². The van der Waals surface area contributed by atoms with Crippen LogP contribution in [0.3, 0.4) is 0 Å². The molecule has 0 aromatic heterocycles. The van der Waals surface area contributed by atoms with Crippen molar-refractivity contribution in [3.8, 4) is 5.75 Å². The lowest BCUT2D eigenvalue weighted by atomic mass is 10.0. The van der Waals surface area contributed by atoms with Crippen LogP contribution in [0.4, 0.5) is 0 Å². The Morgan fingerprint density at radius 3 is 2.45 bits per heavy atom. The Morgan fingerprint density at radius 1 is 1.05 bits per heavy atom. The number of phenolic OH excluding ortho intramolecular Hbond substituents is 1. The van der Waals surface area contributed by atoms with Gasteiger partial charge in [-0.2, -0.15) is 0 Å². The van der Waals surface area contributed by atoms with Gasteiger partial charge in [-0.15, -0.1) is 11.8 Å². The van der Waals surface area contributed by atoms with Crippen molar-refractivity contribution in [2.75, 3.05) is 6.54 Å². The monoisotopic (exact) mass is 285 g/mol. The smallest absolute Gasteiger partial charge is 0.115 e. The lowest BCUT2D eigenvalue weighted by molar-refractivity contribution is 0.474. The Labute approximate surface area is 124 Å². The molecule has 0 aliphatic carbocycles. The molecule has 3 rings (SSSR count). The molecule has 2 aromatic rings. The van der Waals surface area contributed by atoms with Crippen LogP contribution >= 0.6 is 11.8 Å². The van der Waals surface area contributed by atoms with Gasteiger partial charge in [0, 0.05) is 16.2 Å². The maximum absolute atomic E-state index is 9.47. The minimum atomic E-state index is 0.330. The van der Waals surface area contributed by atoms with Gasteiger partial charge in [0.05, 0.1) is 0 Å². The summed E-state index contributed by atoms with van der Waals surface area (Å²) in [4.78, 5) is 1.29. The fourth-order valence-electron chi connectivity index (χ4n) is 2.66. The van der Waals surface area contributed by atoms with Gasteiger partial charge in [-0.05, 0) is 49.2 Å². The summed E-state index contributed by atoms with van der Waals surface area (Å²) in [5.41, 5.74) is 1.27. The van der Waals surface area contributed by atoms with Crippen molar-refractivity contribution in [2.45, 2.75) is 29.0 Å². The third-order valence-corrected chi connectivity index (χ3v) is 5.09. The molecule has 2 nitrogen and oxygen atoms in total. The van der Waals surface area contributed by atoms with Crippen LogP contribution in [0.15, 0.2) is 59.5 Å². The highest BCUT2D eigenvalue weighted by Gasteiger charge is 2.26. The van der Waals surface area contributed by atoms with Crippen LogP contribution in [0.25, 0.3) is 0 Å². The van der Waals surface area contributed by atoms with Crippen LogP contribution in [0.2, 0.25) is 0 Å². The second kappa shape index (κ2) is 6.33. The lowest BCUT2D eigenvalue weighted by Crippen LogP contribution is -2.27. The average molecular weight is 285 g/mol. The molecule has 20 heavy (non-hydrogen) atoms. The Morgan fingerprint density at radius 2 is 1.80 bits per heavy atom. The van der Waals surface area contributed by atoms with E-state index in [1.165, 1.54) is 23.3 Å².